The molecule has 0 heterocycles. The molecule has 0 aliphatic rings. The van der Waals surface area contributed by atoms with Gasteiger partial charge in [0.2, 0.25) is 0 Å². The lowest BCUT2D eigenvalue weighted by molar-refractivity contribution is -0.167. The predicted molar refractivity (Wildman–Crippen MR) is 352 cm³/mol. The van der Waals surface area contributed by atoms with Crippen molar-refractivity contribution < 1.29 is 28.6 Å². The van der Waals surface area contributed by atoms with Crippen LogP contribution in [-0.4, -0.2) is 37.2 Å². The lowest BCUT2D eigenvalue weighted by Crippen LogP contribution is -2.30. The second kappa shape index (κ2) is 67.8. The van der Waals surface area contributed by atoms with Crippen LogP contribution in [0.15, 0.2) is 146 Å². The van der Waals surface area contributed by atoms with Gasteiger partial charge in [-0.2, -0.15) is 0 Å². The zero-order chi connectivity index (χ0) is 58.5. The average molecular weight is 1120 g/mol. The molecule has 0 aromatic rings. The van der Waals surface area contributed by atoms with Crippen molar-refractivity contribution in [3.63, 3.8) is 0 Å². The normalized spacial score (nSPS) is 13.1. The van der Waals surface area contributed by atoms with Gasteiger partial charge < -0.3 is 14.2 Å². The van der Waals surface area contributed by atoms with Gasteiger partial charge in [0.25, 0.3) is 0 Å². The molecule has 0 amide bonds. The van der Waals surface area contributed by atoms with Crippen LogP contribution in [-0.2, 0) is 28.6 Å². The molecule has 0 rings (SSSR count). The van der Waals surface area contributed by atoms with E-state index in [0.29, 0.717) is 19.3 Å². The monoisotopic (exact) mass is 1120 g/mol. The first kappa shape index (κ1) is 76.3. The molecule has 0 aromatic carbocycles. The lowest BCUT2D eigenvalue weighted by Gasteiger charge is -2.18. The standard InChI is InChI=1S/C75H122O6/c1-4-7-10-13-16-19-22-25-28-30-32-34-35-36-37-38-39-41-42-44-47-50-53-56-59-62-65-68-74(77)80-71-72(70-79-73(76)67-64-61-58-55-52-49-46-27-24-21-18-15-12-9-6-3)81-75(78)69-66-63-60-57-54-51-48-45-43-40-33-31-29-26-23-20-17-14-11-8-5-2/h7-8,10-11,16-17,19-20,25-29,32-34,36-37,40,45-46,48,54,57,72H,4-6,9,12-15,18,21-24,30-31,35,38-39,41-44,47,49-53,55-56,58-71H2,1-3H3/b10-7-,11-8-,19-16-,20-17-,28-25-,29-26-,34-32-,37-36-,40-33-,46-27-,48-45-,57-54-. The van der Waals surface area contributed by atoms with Crippen molar-refractivity contribution in [2.24, 2.45) is 0 Å². The minimum atomic E-state index is -0.813. The van der Waals surface area contributed by atoms with E-state index in [9.17, 15) is 14.4 Å². The van der Waals surface area contributed by atoms with Crippen LogP contribution in [0.25, 0.3) is 0 Å². The Bertz CT molecular complexity index is 1760. The molecule has 6 nitrogen and oxygen atoms in total. The van der Waals surface area contributed by atoms with Crippen molar-refractivity contribution in [1.82, 2.24) is 0 Å². The molecular formula is C75H122O6. The third kappa shape index (κ3) is 66.0. The van der Waals surface area contributed by atoms with Crippen molar-refractivity contribution in [3.8, 4) is 0 Å². The highest BCUT2D eigenvalue weighted by atomic mass is 16.6. The summed E-state index contributed by atoms with van der Waals surface area (Å²) in [6.07, 6.45) is 97.1. The van der Waals surface area contributed by atoms with Crippen LogP contribution in [0.2, 0.25) is 0 Å². The Kier molecular flexibility index (Phi) is 63.9. The van der Waals surface area contributed by atoms with Gasteiger partial charge in [-0.05, 0) is 141 Å². The number of hydrogen-bond donors (Lipinski definition) is 0. The second-order valence-electron chi connectivity index (χ2n) is 21.6. The number of hydrogen-bond acceptors (Lipinski definition) is 6. The molecule has 0 aliphatic heterocycles. The van der Waals surface area contributed by atoms with Gasteiger partial charge in [0.1, 0.15) is 13.2 Å². The number of allylic oxidation sites excluding steroid dienone is 24. The molecule has 0 radical (unpaired) electrons. The highest BCUT2D eigenvalue weighted by Gasteiger charge is 2.19. The van der Waals surface area contributed by atoms with Crippen LogP contribution in [0.5, 0.6) is 0 Å². The Hall–Kier alpha value is -4.71. The topological polar surface area (TPSA) is 78.9 Å². The summed E-state index contributed by atoms with van der Waals surface area (Å²) in [5.41, 5.74) is 0. The van der Waals surface area contributed by atoms with Gasteiger partial charge in [0.05, 0.1) is 0 Å². The van der Waals surface area contributed by atoms with Crippen molar-refractivity contribution in [2.45, 2.75) is 297 Å². The molecule has 0 saturated heterocycles. The molecule has 0 saturated carbocycles. The molecule has 6 heteroatoms. The minimum absolute atomic E-state index is 0.104. The van der Waals surface area contributed by atoms with Gasteiger partial charge in [-0.3, -0.25) is 14.4 Å². The van der Waals surface area contributed by atoms with E-state index in [1.807, 2.05) is 0 Å². The SMILES string of the molecule is CC/C=C\C/C=C\C/C=C\C/C=C\C/C=C\C/C=C\CCCCC(=O)OC(COC(=O)CCCCCCC/C=C\CCCCCCCC)COC(=O)CCCCCCCCCCCCC/C=C\C/C=C\C/C=C\C/C=C\C/C=C\CC. The molecule has 0 aromatic heterocycles. The molecular weight excluding hydrogens is 997 g/mol. The van der Waals surface area contributed by atoms with Gasteiger partial charge >= 0.3 is 17.9 Å². The quantitative estimate of drug-likeness (QED) is 0.0261. The lowest BCUT2D eigenvalue weighted by atomic mass is 10.0. The largest absolute Gasteiger partial charge is 0.462 e. The first-order chi connectivity index (χ1) is 40.0. The molecule has 1 unspecified atom stereocenters. The Labute approximate surface area is 499 Å². The van der Waals surface area contributed by atoms with Gasteiger partial charge in [-0.15, -0.1) is 0 Å². The molecule has 0 aliphatic carbocycles. The Morgan fingerprint density at radius 1 is 0.259 bits per heavy atom. The van der Waals surface area contributed by atoms with E-state index in [0.717, 1.165) is 135 Å². The fraction of sp³-hybridized carbons (Fsp3) is 0.640. The first-order valence-electron chi connectivity index (χ1n) is 33.3. The van der Waals surface area contributed by atoms with Crippen molar-refractivity contribution in [1.29, 1.82) is 0 Å². The molecule has 0 fully saturated rings. The van der Waals surface area contributed by atoms with E-state index in [2.05, 4.69) is 167 Å². The summed E-state index contributed by atoms with van der Waals surface area (Å²) < 4.78 is 16.9. The molecule has 1 atom stereocenters. The van der Waals surface area contributed by atoms with Crippen LogP contribution in [0.3, 0.4) is 0 Å². The third-order valence-electron chi connectivity index (χ3n) is 13.8. The van der Waals surface area contributed by atoms with Gasteiger partial charge in [-0.25, -0.2) is 0 Å². The molecule has 0 spiro atoms. The third-order valence-corrected chi connectivity index (χ3v) is 13.8. The predicted octanol–water partition coefficient (Wildman–Crippen LogP) is 23.1. The van der Waals surface area contributed by atoms with Crippen molar-refractivity contribution in [2.75, 3.05) is 13.2 Å². The maximum absolute atomic E-state index is 12.9. The van der Waals surface area contributed by atoms with Crippen LogP contribution in [0.1, 0.15) is 290 Å². The van der Waals surface area contributed by atoms with Crippen LogP contribution < -0.4 is 0 Å². The van der Waals surface area contributed by atoms with Gasteiger partial charge in [0, 0.05) is 19.3 Å². The molecule has 81 heavy (non-hydrogen) atoms. The molecule has 0 bridgehead atoms. The fourth-order valence-electron chi connectivity index (χ4n) is 8.88. The number of rotatable bonds is 59. The first-order valence-corrected chi connectivity index (χ1v) is 33.3. The average Bonchev–Trinajstić information content (AvgIpc) is 3.47. The van der Waals surface area contributed by atoms with Gasteiger partial charge in [0.15, 0.2) is 6.10 Å². The summed E-state index contributed by atoms with van der Waals surface area (Å²) in [6.45, 7) is 6.37. The van der Waals surface area contributed by atoms with Crippen molar-refractivity contribution in [3.05, 3.63) is 146 Å². The van der Waals surface area contributed by atoms with Crippen molar-refractivity contribution >= 4 is 17.9 Å². The van der Waals surface area contributed by atoms with E-state index >= 15 is 0 Å². The highest BCUT2D eigenvalue weighted by molar-refractivity contribution is 5.71. The zero-order valence-corrected chi connectivity index (χ0v) is 52.5. The van der Waals surface area contributed by atoms with E-state index in [1.165, 1.54) is 109 Å². The van der Waals surface area contributed by atoms with E-state index in [-0.39, 0.29) is 37.5 Å². The fourth-order valence-corrected chi connectivity index (χ4v) is 8.88. The molecule has 0 N–H and O–H groups in total. The van der Waals surface area contributed by atoms with Crippen LogP contribution in [0.4, 0.5) is 0 Å². The van der Waals surface area contributed by atoms with Crippen LogP contribution in [0, 0.1) is 0 Å². The van der Waals surface area contributed by atoms with Crippen LogP contribution >= 0.6 is 0 Å². The van der Waals surface area contributed by atoms with E-state index < -0.39 is 6.10 Å². The summed E-state index contributed by atoms with van der Waals surface area (Å²) in [6, 6.07) is 0. The number of ether oxygens (including phenoxy) is 3. The number of carbonyl (C=O) groups excluding carboxylic acids is 3. The minimum Gasteiger partial charge on any atom is -0.462 e. The number of unbranched alkanes of at least 4 members (excludes halogenated alkanes) is 24. The summed E-state index contributed by atoms with van der Waals surface area (Å²) >= 11 is 0. The maximum Gasteiger partial charge on any atom is 0.306 e. The summed E-state index contributed by atoms with van der Waals surface area (Å²) in [5, 5.41) is 0. The zero-order valence-electron chi connectivity index (χ0n) is 52.5. The summed E-state index contributed by atoms with van der Waals surface area (Å²) in [5.74, 6) is -0.956. The maximum atomic E-state index is 12.9. The summed E-state index contributed by atoms with van der Waals surface area (Å²) in [4.78, 5) is 38.4. The van der Waals surface area contributed by atoms with E-state index in [4.69, 9.17) is 14.2 Å². The Morgan fingerprint density at radius 2 is 0.481 bits per heavy atom. The Morgan fingerprint density at radius 3 is 0.790 bits per heavy atom. The summed E-state index contributed by atoms with van der Waals surface area (Å²) in [7, 11) is 0. The highest BCUT2D eigenvalue weighted by Crippen LogP contribution is 2.15. The number of carbonyl (C=O) groups is 3. The van der Waals surface area contributed by atoms with Gasteiger partial charge in [-0.1, -0.05) is 276 Å². The second-order valence-corrected chi connectivity index (χ2v) is 21.6. The smallest absolute Gasteiger partial charge is 0.306 e. The number of esters is 3. The Balaban J connectivity index is 4.43. The molecule has 458 valence electrons. The van der Waals surface area contributed by atoms with E-state index in [1.54, 1.807) is 0 Å².